The van der Waals surface area contributed by atoms with Crippen LogP contribution in [-0.4, -0.2) is 12.6 Å². The van der Waals surface area contributed by atoms with Crippen molar-refractivity contribution in [2.24, 2.45) is 0 Å². The minimum absolute atomic E-state index is 0.506. The molecule has 0 amide bonds. The lowest BCUT2D eigenvalue weighted by Gasteiger charge is -2.18. The number of hydrogen-bond donors (Lipinski definition) is 1. The first-order valence-electron chi connectivity index (χ1n) is 7.50. The fourth-order valence-electron chi connectivity index (χ4n) is 2.81. The molecule has 0 saturated heterocycles. The number of furan rings is 1. The molecule has 0 aliphatic rings. The maximum Gasteiger partial charge on any atom is 0.103 e. The first-order chi connectivity index (χ1) is 9.67. The summed E-state index contributed by atoms with van der Waals surface area (Å²) in [5.74, 6) is 1.08. The van der Waals surface area contributed by atoms with Crippen LogP contribution in [0.1, 0.15) is 35.8 Å². The van der Waals surface area contributed by atoms with Crippen molar-refractivity contribution in [3.63, 3.8) is 0 Å². The van der Waals surface area contributed by atoms with Gasteiger partial charge in [-0.25, -0.2) is 0 Å². The Balaban J connectivity index is 1.97. The van der Waals surface area contributed by atoms with Crippen LogP contribution in [0.3, 0.4) is 0 Å². The Kier molecular flexibility index (Phi) is 5.42. The van der Waals surface area contributed by atoms with Gasteiger partial charge in [0.1, 0.15) is 5.76 Å². The molecule has 0 aliphatic carbocycles. The third kappa shape index (κ3) is 4.53. The molecule has 1 aromatic carbocycles. The first kappa shape index (κ1) is 14.9. The summed E-state index contributed by atoms with van der Waals surface area (Å²) in [4.78, 5) is 0. The molecule has 1 unspecified atom stereocenters. The highest BCUT2D eigenvalue weighted by Gasteiger charge is 2.10. The Morgan fingerprint density at radius 2 is 1.90 bits per heavy atom. The van der Waals surface area contributed by atoms with Crippen molar-refractivity contribution >= 4 is 0 Å². The second kappa shape index (κ2) is 7.30. The van der Waals surface area contributed by atoms with Crippen LogP contribution in [0.4, 0.5) is 0 Å². The number of rotatable bonds is 7. The highest BCUT2D eigenvalue weighted by Crippen LogP contribution is 2.14. The normalized spacial score (nSPS) is 12.6. The Morgan fingerprint density at radius 3 is 2.50 bits per heavy atom. The smallest absolute Gasteiger partial charge is 0.103 e. The zero-order chi connectivity index (χ0) is 14.4. The predicted octanol–water partition coefficient (Wildman–Crippen LogP) is 4.05. The summed E-state index contributed by atoms with van der Waals surface area (Å²) in [5.41, 5.74) is 4.12. The number of aryl methyl sites for hydroxylation is 3. The predicted molar refractivity (Wildman–Crippen MR) is 84.1 cm³/mol. The minimum Gasteiger partial charge on any atom is -0.469 e. The Bertz CT molecular complexity index is 496. The number of hydrogen-bond acceptors (Lipinski definition) is 2. The van der Waals surface area contributed by atoms with Crippen LogP contribution >= 0.6 is 0 Å². The standard InChI is InChI=1S/C18H25NO/c1-4-19-17(7-8-18-6-5-9-20-18)13-16-11-14(2)10-15(3)12-16/h5-6,9-12,17,19H,4,7-8,13H2,1-3H3. The van der Waals surface area contributed by atoms with Gasteiger partial charge in [-0.2, -0.15) is 0 Å². The molecule has 2 aromatic rings. The lowest BCUT2D eigenvalue weighted by molar-refractivity contribution is 0.447. The summed E-state index contributed by atoms with van der Waals surface area (Å²) in [7, 11) is 0. The van der Waals surface area contributed by atoms with Crippen molar-refractivity contribution < 1.29 is 4.42 Å². The zero-order valence-corrected chi connectivity index (χ0v) is 12.8. The van der Waals surface area contributed by atoms with E-state index in [1.165, 1.54) is 16.7 Å². The Labute approximate surface area is 122 Å². The van der Waals surface area contributed by atoms with Gasteiger partial charge in [0.05, 0.1) is 6.26 Å². The molecular formula is C18H25NO. The molecule has 2 nitrogen and oxygen atoms in total. The maximum absolute atomic E-state index is 5.42. The molecule has 0 radical (unpaired) electrons. The van der Waals surface area contributed by atoms with Gasteiger partial charge in [0.2, 0.25) is 0 Å². The third-order valence-electron chi connectivity index (χ3n) is 3.58. The molecule has 1 atom stereocenters. The number of nitrogens with one attached hydrogen (secondary N) is 1. The SMILES string of the molecule is CCNC(CCc1ccco1)Cc1cc(C)cc(C)c1. The second-order valence-corrected chi connectivity index (χ2v) is 5.57. The van der Waals surface area contributed by atoms with Gasteiger partial charge < -0.3 is 9.73 Å². The average molecular weight is 271 g/mol. The molecule has 0 bridgehead atoms. The summed E-state index contributed by atoms with van der Waals surface area (Å²) < 4.78 is 5.42. The number of likely N-dealkylation sites (N-methyl/N-ethyl adjacent to an activating group) is 1. The molecule has 2 heteroatoms. The molecule has 0 spiro atoms. The van der Waals surface area contributed by atoms with Gasteiger partial charge in [-0.3, -0.25) is 0 Å². The van der Waals surface area contributed by atoms with Crippen molar-refractivity contribution in [1.82, 2.24) is 5.32 Å². The van der Waals surface area contributed by atoms with E-state index in [4.69, 9.17) is 4.42 Å². The second-order valence-electron chi connectivity index (χ2n) is 5.57. The van der Waals surface area contributed by atoms with E-state index in [-0.39, 0.29) is 0 Å². The fraction of sp³-hybridized carbons (Fsp3) is 0.444. The van der Waals surface area contributed by atoms with Gasteiger partial charge in [-0.05, 0) is 50.9 Å². The summed E-state index contributed by atoms with van der Waals surface area (Å²) in [6.45, 7) is 7.51. The van der Waals surface area contributed by atoms with Crippen LogP contribution in [0.25, 0.3) is 0 Å². The van der Waals surface area contributed by atoms with Gasteiger partial charge in [0.15, 0.2) is 0 Å². The van der Waals surface area contributed by atoms with Gasteiger partial charge >= 0.3 is 0 Å². The molecule has 1 aromatic heterocycles. The van der Waals surface area contributed by atoms with Crippen LogP contribution < -0.4 is 5.32 Å². The molecule has 2 rings (SSSR count). The molecular weight excluding hydrogens is 246 g/mol. The largest absolute Gasteiger partial charge is 0.469 e. The van der Waals surface area contributed by atoms with Gasteiger partial charge in [-0.1, -0.05) is 36.2 Å². The quantitative estimate of drug-likeness (QED) is 0.822. The number of benzene rings is 1. The van der Waals surface area contributed by atoms with Gasteiger partial charge in [0, 0.05) is 12.5 Å². The lowest BCUT2D eigenvalue weighted by atomic mass is 9.98. The fourth-order valence-corrected chi connectivity index (χ4v) is 2.81. The summed E-state index contributed by atoms with van der Waals surface area (Å²) in [5, 5.41) is 3.59. The highest BCUT2D eigenvalue weighted by molar-refractivity contribution is 5.29. The summed E-state index contributed by atoms with van der Waals surface area (Å²) in [6.07, 6.45) is 4.93. The third-order valence-corrected chi connectivity index (χ3v) is 3.58. The monoisotopic (exact) mass is 271 g/mol. The van der Waals surface area contributed by atoms with Gasteiger partial charge in [0.25, 0.3) is 0 Å². The van der Waals surface area contributed by atoms with Gasteiger partial charge in [-0.15, -0.1) is 0 Å². The van der Waals surface area contributed by atoms with E-state index in [9.17, 15) is 0 Å². The Morgan fingerprint density at radius 1 is 1.15 bits per heavy atom. The van der Waals surface area contributed by atoms with Crippen molar-refractivity contribution in [2.45, 2.75) is 46.1 Å². The van der Waals surface area contributed by atoms with Crippen LogP contribution in [0.5, 0.6) is 0 Å². The average Bonchev–Trinajstić information content (AvgIpc) is 2.88. The molecule has 0 aliphatic heterocycles. The molecule has 1 heterocycles. The topological polar surface area (TPSA) is 25.2 Å². The van der Waals surface area contributed by atoms with E-state index >= 15 is 0 Å². The summed E-state index contributed by atoms with van der Waals surface area (Å²) in [6, 6.07) is 11.3. The lowest BCUT2D eigenvalue weighted by Crippen LogP contribution is -2.31. The van der Waals surface area contributed by atoms with Crippen molar-refractivity contribution in [3.8, 4) is 0 Å². The maximum atomic E-state index is 5.42. The minimum atomic E-state index is 0.506. The first-order valence-corrected chi connectivity index (χ1v) is 7.50. The van der Waals surface area contributed by atoms with Crippen molar-refractivity contribution in [3.05, 3.63) is 59.0 Å². The highest BCUT2D eigenvalue weighted by atomic mass is 16.3. The van der Waals surface area contributed by atoms with E-state index in [1.807, 2.05) is 6.07 Å². The molecule has 0 fully saturated rings. The Hall–Kier alpha value is -1.54. The van der Waals surface area contributed by atoms with Crippen molar-refractivity contribution in [1.29, 1.82) is 0 Å². The van der Waals surface area contributed by atoms with E-state index in [2.05, 4.69) is 50.4 Å². The van der Waals surface area contributed by atoms with E-state index in [0.29, 0.717) is 6.04 Å². The zero-order valence-electron chi connectivity index (χ0n) is 12.8. The van der Waals surface area contributed by atoms with E-state index in [1.54, 1.807) is 6.26 Å². The molecule has 0 saturated carbocycles. The van der Waals surface area contributed by atoms with E-state index < -0.39 is 0 Å². The molecule has 108 valence electrons. The molecule has 20 heavy (non-hydrogen) atoms. The van der Waals surface area contributed by atoms with Crippen LogP contribution in [0, 0.1) is 13.8 Å². The van der Waals surface area contributed by atoms with Crippen LogP contribution in [0.15, 0.2) is 41.0 Å². The molecule has 1 N–H and O–H groups in total. The van der Waals surface area contributed by atoms with Crippen LogP contribution in [-0.2, 0) is 12.8 Å². The summed E-state index contributed by atoms with van der Waals surface area (Å²) >= 11 is 0. The van der Waals surface area contributed by atoms with E-state index in [0.717, 1.165) is 31.6 Å². The van der Waals surface area contributed by atoms with Crippen molar-refractivity contribution in [2.75, 3.05) is 6.54 Å². The van der Waals surface area contributed by atoms with Crippen LogP contribution in [0.2, 0.25) is 0 Å².